The van der Waals surface area contributed by atoms with E-state index in [-0.39, 0.29) is 5.91 Å². The molecule has 0 aromatic heterocycles. The molecule has 48 valence electrons. The molecule has 0 rings (SSSR count). The molecule has 0 aromatic carbocycles. The number of amides is 1. The third kappa shape index (κ3) is 4.03. The smallest absolute Gasteiger partial charge is 0.234 e. The Kier molecular flexibility index (Phi) is 4.92. The van der Waals surface area contributed by atoms with Crippen LogP contribution < -0.4 is 10.4 Å². The maximum Gasteiger partial charge on any atom is 0.234 e. The van der Waals surface area contributed by atoms with Crippen LogP contribution in [0.4, 0.5) is 0 Å². The van der Waals surface area contributed by atoms with Crippen molar-refractivity contribution in [2.24, 2.45) is 0 Å². The Hall–Kier alpha value is -0.140. The van der Waals surface area contributed by atoms with Crippen molar-refractivity contribution in [1.29, 1.82) is 0 Å². The lowest BCUT2D eigenvalue weighted by molar-refractivity contribution is -0.119. The van der Waals surface area contributed by atoms with E-state index in [0.717, 1.165) is 0 Å². The molecule has 0 spiro atoms. The van der Waals surface area contributed by atoms with Crippen molar-refractivity contribution in [2.75, 3.05) is 13.1 Å². The first-order valence-corrected chi connectivity index (χ1v) is 3.09. The van der Waals surface area contributed by atoms with Crippen LogP contribution >= 0.6 is 9.39 Å². The van der Waals surface area contributed by atoms with E-state index in [1.807, 2.05) is 6.92 Å². The summed E-state index contributed by atoms with van der Waals surface area (Å²) < 4.78 is 0. The molecule has 0 fully saturated rings. The number of carbonyl (C=O) groups is 1. The molecule has 0 heterocycles. The first-order valence-electron chi connectivity index (χ1n) is 2.51. The van der Waals surface area contributed by atoms with Crippen LogP contribution in [0.25, 0.3) is 0 Å². The van der Waals surface area contributed by atoms with Crippen LogP contribution in [0.1, 0.15) is 6.92 Å². The third-order valence-electron chi connectivity index (χ3n) is 0.637. The SMILES string of the molecule is CCNC(=O)CNP. The summed E-state index contributed by atoms with van der Waals surface area (Å²) >= 11 is 0. The second-order valence-corrected chi connectivity index (χ2v) is 1.74. The molecular weight excluding hydrogens is 123 g/mol. The highest BCUT2D eigenvalue weighted by Gasteiger charge is 1.92. The fourth-order valence-electron chi connectivity index (χ4n) is 0.352. The van der Waals surface area contributed by atoms with Crippen LogP contribution in [0.5, 0.6) is 0 Å². The molecule has 4 heteroatoms. The van der Waals surface area contributed by atoms with Gasteiger partial charge in [0.15, 0.2) is 0 Å². The fourth-order valence-corrected chi connectivity index (χ4v) is 0.538. The Morgan fingerprint density at radius 2 is 2.38 bits per heavy atom. The van der Waals surface area contributed by atoms with Gasteiger partial charge in [0.25, 0.3) is 0 Å². The van der Waals surface area contributed by atoms with Crippen LogP contribution in [0.2, 0.25) is 0 Å². The summed E-state index contributed by atoms with van der Waals surface area (Å²) in [7, 11) is 2.26. The first kappa shape index (κ1) is 7.86. The zero-order valence-electron chi connectivity index (χ0n) is 4.90. The van der Waals surface area contributed by atoms with Crippen molar-refractivity contribution in [3.8, 4) is 0 Å². The summed E-state index contributed by atoms with van der Waals surface area (Å²) in [4.78, 5) is 10.5. The molecule has 0 aromatic rings. The average molecular weight is 134 g/mol. The average Bonchev–Trinajstić information content (AvgIpc) is 1.68. The minimum atomic E-state index is 0.0301. The molecule has 0 bridgehead atoms. The zero-order chi connectivity index (χ0) is 6.41. The molecule has 0 aliphatic rings. The molecular formula is C4H11N2OP. The van der Waals surface area contributed by atoms with Gasteiger partial charge in [0.05, 0.1) is 6.54 Å². The van der Waals surface area contributed by atoms with Crippen molar-refractivity contribution in [3.05, 3.63) is 0 Å². The lowest BCUT2D eigenvalue weighted by atomic mass is 10.6. The van der Waals surface area contributed by atoms with Crippen molar-refractivity contribution >= 4 is 15.3 Å². The lowest BCUT2D eigenvalue weighted by Crippen LogP contribution is -2.29. The number of carbonyl (C=O) groups excluding carboxylic acids is 1. The monoisotopic (exact) mass is 134 g/mol. The van der Waals surface area contributed by atoms with E-state index in [4.69, 9.17) is 0 Å². The van der Waals surface area contributed by atoms with Gasteiger partial charge in [-0.25, -0.2) is 0 Å². The van der Waals surface area contributed by atoms with Crippen molar-refractivity contribution < 1.29 is 4.79 Å². The summed E-state index contributed by atoms with van der Waals surface area (Å²) in [6.45, 7) is 2.96. The Labute approximate surface area is 51.5 Å². The Balaban J connectivity index is 3.06. The zero-order valence-corrected chi connectivity index (χ0v) is 6.05. The van der Waals surface area contributed by atoms with Gasteiger partial charge >= 0.3 is 0 Å². The van der Waals surface area contributed by atoms with Crippen LogP contribution in [-0.2, 0) is 4.79 Å². The van der Waals surface area contributed by atoms with Gasteiger partial charge in [-0.2, -0.15) is 0 Å². The van der Waals surface area contributed by atoms with Crippen molar-refractivity contribution in [2.45, 2.75) is 6.92 Å². The highest BCUT2D eigenvalue weighted by molar-refractivity contribution is 7.13. The quantitative estimate of drug-likeness (QED) is 0.511. The van der Waals surface area contributed by atoms with Gasteiger partial charge in [0, 0.05) is 6.54 Å². The van der Waals surface area contributed by atoms with Gasteiger partial charge in [-0.1, -0.05) is 9.39 Å². The maximum absolute atomic E-state index is 10.5. The predicted octanol–water partition coefficient (Wildman–Crippen LogP) is -0.498. The molecule has 3 nitrogen and oxygen atoms in total. The third-order valence-corrected chi connectivity index (χ3v) is 0.841. The van der Waals surface area contributed by atoms with Gasteiger partial charge in [-0.15, -0.1) is 0 Å². The summed E-state index contributed by atoms with van der Waals surface area (Å²) in [5.41, 5.74) is 0. The van der Waals surface area contributed by atoms with Gasteiger partial charge in [0.1, 0.15) is 0 Å². The molecule has 0 saturated carbocycles. The largest absolute Gasteiger partial charge is 0.355 e. The summed E-state index contributed by atoms with van der Waals surface area (Å²) in [5.74, 6) is 0.0301. The maximum atomic E-state index is 10.5. The van der Waals surface area contributed by atoms with Crippen LogP contribution in [-0.4, -0.2) is 19.0 Å². The molecule has 0 aliphatic carbocycles. The second-order valence-electron chi connectivity index (χ2n) is 1.33. The van der Waals surface area contributed by atoms with Crippen LogP contribution in [0.3, 0.4) is 0 Å². The minimum absolute atomic E-state index is 0.0301. The van der Waals surface area contributed by atoms with Gasteiger partial charge in [-0.3, -0.25) is 9.88 Å². The molecule has 8 heavy (non-hydrogen) atoms. The number of nitrogens with one attached hydrogen (secondary N) is 2. The molecule has 0 aliphatic heterocycles. The van der Waals surface area contributed by atoms with Crippen LogP contribution in [0, 0.1) is 0 Å². The van der Waals surface area contributed by atoms with Crippen molar-refractivity contribution in [1.82, 2.24) is 10.4 Å². The minimum Gasteiger partial charge on any atom is -0.355 e. The lowest BCUT2D eigenvalue weighted by Gasteiger charge is -1.97. The summed E-state index contributed by atoms with van der Waals surface area (Å²) in [6, 6.07) is 0. The highest BCUT2D eigenvalue weighted by atomic mass is 31.0. The Bertz CT molecular complexity index is 68.4. The number of hydrogen-bond donors (Lipinski definition) is 2. The molecule has 1 atom stereocenters. The fraction of sp³-hybridized carbons (Fsp3) is 0.750. The Morgan fingerprint density at radius 3 is 2.75 bits per heavy atom. The molecule has 1 amide bonds. The number of rotatable bonds is 3. The van der Waals surface area contributed by atoms with E-state index < -0.39 is 0 Å². The summed E-state index contributed by atoms with van der Waals surface area (Å²) in [5, 5.41) is 5.29. The predicted molar refractivity (Wildman–Crippen MR) is 36.4 cm³/mol. The van der Waals surface area contributed by atoms with Gasteiger partial charge in [-0.05, 0) is 6.92 Å². The standard InChI is InChI=1S/C4H11N2OP/c1-2-5-4(7)3-6-8/h6H,2-3,8H2,1H3,(H,5,7). The highest BCUT2D eigenvalue weighted by Crippen LogP contribution is 1.67. The number of hydrogen-bond acceptors (Lipinski definition) is 2. The van der Waals surface area contributed by atoms with Gasteiger partial charge in [0.2, 0.25) is 5.91 Å². The molecule has 0 saturated heterocycles. The molecule has 0 radical (unpaired) electrons. The van der Waals surface area contributed by atoms with E-state index in [2.05, 4.69) is 19.8 Å². The summed E-state index contributed by atoms with van der Waals surface area (Å²) in [6.07, 6.45) is 0. The van der Waals surface area contributed by atoms with Crippen molar-refractivity contribution in [3.63, 3.8) is 0 Å². The van der Waals surface area contributed by atoms with E-state index >= 15 is 0 Å². The number of likely N-dealkylation sites (N-methyl/N-ethyl adjacent to an activating group) is 1. The van der Waals surface area contributed by atoms with E-state index in [0.29, 0.717) is 13.1 Å². The molecule has 1 unspecified atom stereocenters. The first-order chi connectivity index (χ1) is 3.81. The van der Waals surface area contributed by atoms with Crippen LogP contribution in [0.15, 0.2) is 0 Å². The van der Waals surface area contributed by atoms with E-state index in [1.165, 1.54) is 0 Å². The van der Waals surface area contributed by atoms with E-state index in [1.54, 1.807) is 0 Å². The van der Waals surface area contributed by atoms with Gasteiger partial charge < -0.3 is 5.32 Å². The van der Waals surface area contributed by atoms with E-state index in [9.17, 15) is 4.79 Å². The second kappa shape index (κ2) is 5.01. The molecule has 2 N–H and O–H groups in total. The Morgan fingerprint density at radius 1 is 1.75 bits per heavy atom. The topological polar surface area (TPSA) is 41.1 Å². The normalized spacial score (nSPS) is 8.75.